The Morgan fingerprint density at radius 1 is 1.07 bits per heavy atom. The minimum Gasteiger partial charge on any atom is -0.507 e. The Bertz CT molecular complexity index is 1080. The molecular formula is C23H26N2O4. The van der Waals surface area contributed by atoms with Crippen molar-refractivity contribution in [2.24, 2.45) is 0 Å². The van der Waals surface area contributed by atoms with E-state index in [1.165, 1.54) is 0 Å². The molecule has 1 aromatic heterocycles. The predicted molar refractivity (Wildman–Crippen MR) is 114 cm³/mol. The molecule has 4 rings (SSSR count). The Balaban J connectivity index is 1.79. The standard InChI is InChI=1S/C23H26N2O4/c1-15-18-8-9-20(26)19(14-25-12-10-24(2)11-13-25)22(18)29-23(27)21(15)16-4-6-17(28-3)7-5-16/h4-9,26H,10-14H2,1-3H3. The molecule has 0 saturated carbocycles. The number of benzene rings is 2. The molecule has 3 aromatic rings. The summed E-state index contributed by atoms with van der Waals surface area (Å²) in [5, 5.41) is 11.3. The van der Waals surface area contributed by atoms with Crippen LogP contribution in [0.4, 0.5) is 0 Å². The van der Waals surface area contributed by atoms with Crippen LogP contribution in [0.2, 0.25) is 0 Å². The lowest BCUT2D eigenvalue weighted by Crippen LogP contribution is -2.43. The average Bonchev–Trinajstić information content (AvgIpc) is 2.72. The van der Waals surface area contributed by atoms with Gasteiger partial charge in [-0.3, -0.25) is 4.90 Å². The van der Waals surface area contributed by atoms with Crippen LogP contribution in [0.5, 0.6) is 11.5 Å². The van der Waals surface area contributed by atoms with Crippen molar-refractivity contribution in [1.29, 1.82) is 0 Å². The number of methoxy groups -OCH3 is 1. The van der Waals surface area contributed by atoms with Crippen molar-refractivity contribution in [3.8, 4) is 22.6 Å². The summed E-state index contributed by atoms with van der Waals surface area (Å²) in [4.78, 5) is 17.5. The van der Waals surface area contributed by atoms with Crippen LogP contribution in [0.15, 0.2) is 45.6 Å². The summed E-state index contributed by atoms with van der Waals surface area (Å²) in [6, 6.07) is 10.9. The van der Waals surface area contributed by atoms with Crippen molar-refractivity contribution >= 4 is 11.0 Å². The predicted octanol–water partition coefficient (Wildman–Crippen LogP) is 3.23. The van der Waals surface area contributed by atoms with Gasteiger partial charge in [0.05, 0.1) is 18.2 Å². The number of hydrogen-bond donors (Lipinski definition) is 1. The first-order valence-electron chi connectivity index (χ1n) is 9.81. The fourth-order valence-electron chi connectivity index (χ4n) is 3.94. The maximum absolute atomic E-state index is 12.9. The molecule has 29 heavy (non-hydrogen) atoms. The van der Waals surface area contributed by atoms with Crippen molar-refractivity contribution in [2.75, 3.05) is 40.3 Å². The molecule has 6 heteroatoms. The topological polar surface area (TPSA) is 66.2 Å². The van der Waals surface area contributed by atoms with E-state index in [1.54, 1.807) is 13.2 Å². The third-order valence-corrected chi connectivity index (χ3v) is 5.77. The molecule has 1 saturated heterocycles. The number of phenolic OH excluding ortho intramolecular Hbond substituents is 1. The molecule has 1 N–H and O–H groups in total. The molecule has 0 amide bonds. The lowest BCUT2D eigenvalue weighted by molar-refractivity contribution is 0.147. The molecule has 0 atom stereocenters. The maximum Gasteiger partial charge on any atom is 0.344 e. The van der Waals surface area contributed by atoms with Crippen molar-refractivity contribution < 1.29 is 14.3 Å². The van der Waals surface area contributed by atoms with Gasteiger partial charge in [-0.1, -0.05) is 12.1 Å². The zero-order valence-electron chi connectivity index (χ0n) is 17.1. The summed E-state index contributed by atoms with van der Waals surface area (Å²) < 4.78 is 11.0. The molecule has 2 heterocycles. The third-order valence-electron chi connectivity index (χ3n) is 5.77. The van der Waals surface area contributed by atoms with Crippen LogP contribution in [0.3, 0.4) is 0 Å². The van der Waals surface area contributed by atoms with Crippen molar-refractivity contribution in [2.45, 2.75) is 13.5 Å². The van der Waals surface area contributed by atoms with Gasteiger partial charge in [0.2, 0.25) is 0 Å². The molecule has 0 spiro atoms. The second kappa shape index (κ2) is 7.89. The Morgan fingerprint density at radius 3 is 2.41 bits per heavy atom. The first-order chi connectivity index (χ1) is 14.0. The van der Waals surface area contributed by atoms with E-state index in [1.807, 2.05) is 37.3 Å². The summed E-state index contributed by atoms with van der Waals surface area (Å²) in [6.45, 7) is 6.28. The van der Waals surface area contributed by atoms with E-state index in [9.17, 15) is 9.90 Å². The summed E-state index contributed by atoms with van der Waals surface area (Å²) >= 11 is 0. The fraction of sp³-hybridized carbons (Fsp3) is 0.348. The highest BCUT2D eigenvalue weighted by Crippen LogP contribution is 2.33. The molecule has 0 radical (unpaired) electrons. The molecule has 0 bridgehead atoms. The summed E-state index contributed by atoms with van der Waals surface area (Å²) in [6.07, 6.45) is 0. The Kier molecular flexibility index (Phi) is 5.30. The largest absolute Gasteiger partial charge is 0.507 e. The van der Waals surface area contributed by atoms with Crippen LogP contribution >= 0.6 is 0 Å². The SMILES string of the molecule is COc1ccc(-c2c(C)c3ccc(O)c(CN4CCN(C)CC4)c3oc2=O)cc1. The van der Waals surface area contributed by atoms with Crippen LogP contribution in [-0.4, -0.2) is 55.2 Å². The normalized spacial score (nSPS) is 15.7. The van der Waals surface area contributed by atoms with Crippen molar-refractivity contribution in [3.63, 3.8) is 0 Å². The number of aromatic hydroxyl groups is 1. The molecule has 1 aliphatic rings. The third kappa shape index (κ3) is 3.73. The first kappa shape index (κ1) is 19.5. The Labute approximate surface area is 169 Å². The number of phenols is 1. The minimum absolute atomic E-state index is 0.163. The smallest absolute Gasteiger partial charge is 0.344 e. The monoisotopic (exact) mass is 394 g/mol. The number of rotatable bonds is 4. The van der Waals surface area contributed by atoms with E-state index < -0.39 is 5.63 Å². The van der Waals surface area contributed by atoms with Crippen molar-refractivity contribution in [3.05, 3.63) is 57.9 Å². The Hall–Kier alpha value is -2.83. The molecule has 2 aromatic carbocycles. The van der Waals surface area contributed by atoms with Crippen LogP contribution in [0, 0.1) is 6.92 Å². The molecule has 0 aliphatic carbocycles. The van der Waals surface area contributed by atoms with Crippen LogP contribution in [0.25, 0.3) is 22.1 Å². The highest BCUT2D eigenvalue weighted by Gasteiger charge is 2.21. The van der Waals surface area contributed by atoms with Gasteiger partial charge in [0.15, 0.2) is 0 Å². The Morgan fingerprint density at radius 2 is 1.76 bits per heavy atom. The van der Waals surface area contributed by atoms with Gasteiger partial charge in [0.1, 0.15) is 17.1 Å². The first-order valence-corrected chi connectivity index (χ1v) is 9.81. The summed E-state index contributed by atoms with van der Waals surface area (Å²) in [7, 11) is 3.72. The number of ether oxygens (including phenoxy) is 1. The van der Waals surface area contributed by atoms with E-state index in [2.05, 4.69) is 16.8 Å². The highest BCUT2D eigenvalue weighted by atomic mass is 16.5. The van der Waals surface area contributed by atoms with Gasteiger partial charge in [0.25, 0.3) is 0 Å². The maximum atomic E-state index is 12.9. The van der Waals surface area contributed by atoms with Gasteiger partial charge < -0.3 is 19.2 Å². The number of aryl methyl sites for hydroxylation is 1. The van der Waals surface area contributed by atoms with Gasteiger partial charge in [-0.05, 0) is 49.4 Å². The zero-order chi connectivity index (χ0) is 20.5. The number of likely N-dealkylation sites (N-methyl/N-ethyl adjacent to an activating group) is 1. The summed E-state index contributed by atoms with van der Waals surface area (Å²) in [5.74, 6) is 0.896. The lowest BCUT2D eigenvalue weighted by Gasteiger charge is -2.32. The lowest BCUT2D eigenvalue weighted by atomic mass is 9.97. The average molecular weight is 394 g/mol. The van der Waals surface area contributed by atoms with Gasteiger partial charge >= 0.3 is 5.63 Å². The van der Waals surface area contributed by atoms with Crippen molar-refractivity contribution in [1.82, 2.24) is 9.80 Å². The van der Waals surface area contributed by atoms with E-state index in [4.69, 9.17) is 9.15 Å². The van der Waals surface area contributed by atoms with E-state index in [-0.39, 0.29) is 5.75 Å². The number of fused-ring (bicyclic) bond motifs is 1. The van der Waals surface area contributed by atoms with Gasteiger partial charge in [-0.25, -0.2) is 4.79 Å². The molecule has 1 fully saturated rings. The van der Waals surface area contributed by atoms with Crippen LogP contribution < -0.4 is 10.4 Å². The zero-order valence-corrected chi connectivity index (χ0v) is 17.1. The molecule has 152 valence electrons. The second-order valence-electron chi connectivity index (χ2n) is 7.64. The van der Waals surface area contributed by atoms with Gasteiger partial charge in [0, 0.05) is 38.1 Å². The summed E-state index contributed by atoms with van der Waals surface area (Å²) in [5.41, 5.74) is 2.92. The molecule has 1 aliphatic heterocycles. The highest BCUT2D eigenvalue weighted by molar-refractivity contribution is 5.89. The fourth-order valence-corrected chi connectivity index (χ4v) is 3.94. The number of piperazine rings is 1. The molecule has 0 unspecified atom stereocenters. The quantitative estimate of drug-likeness (QED) is 0.686. The van der Waals surface area contributed by atoms with E-state index in [0.717, 1.165) is 48.4 Å². The molecular weight excluding hydrogens is 368 g/mol. The minimum atomic E-state index is -0.398. The van der Waals surface area contributed by atoms with Crippen LogP contribution in [-0.2, 0) is 6.54 Å². The van der Waals surface area contributed by atoms with E-state index >= 15 is 0 Å². The van der Waals surface area contributed by atoms with Gasteiger partial charge in [-0.2, -0.15) is 0 Å². The second-order valence-corrected chi connectivity index (χ2v) is 7.64. The number of nitrogens with zero attached hydrogens (tertiary/aromatic N) is 2. The van der Waals surface area contributed by atoms with E-state index in [0.29, 0.717) is 23.3 Å². The van der Waals surface area contributed by atoms with Crippen LogP contribution in [0.1, 0.15) is 11.1 Å². The molecule has 6 nitrogen and oxygen atoms in total. The number of hydrogen-bond acceptors (Lipinski definition) is 6. The van der Waals surface area contributed by atoms with Gasteiger partial charge in [-0.15, -0.1) is 0 Å².